The van der Waals surface area contributed by atoms with E-state index in [1.807, 2.05) is 0 Å². The van der Waals surface area contributed by atoms with Crippen molar-refractivity contribution in [2.45, 2.75) is 84.0 Å². The van der Waals surface area contributed by atoms with Crippen molar-refractivity contribution in [3.05, 3.63) is 257 Å². The van der Waals surface area contributed by atoms with Crippen molar-refractivity contribution in [2.75, 3.05) is 4.90 Å². The van der Waals surface area contributed by atoms with Crippen LogP contribution >= 0.6 is 0 Å². The molecule has 0 aromatic heterocycles. The monoisotopic (exact) mass is 929 g/mol. The molecule has 0 bridgehead atoms. The fourth-order valence-electron chi connectivity index (χ4n) is 12.4. The van der Waals surface area contributed by atoms with E-state index < -0.39 is 0 Å². The SMILES string of the molecule is CC(C)(C)c1cc(-c2cccc3cccc(-c4ccccc4N(c4ccccc4-c4cccc5c4-c4ccccc4C5(C)c4ccccc4)c4cccc5c4-c4ccccc4C5(C)C)c23)cc(C(C)(C)C)c1. The molecule has 1 atom stereocenters. The van der Waals surface area contributed by atoms with Crippen molar-refractivity contribution in [3.8, 4) is 55.6 Å². The first-order valence-corrected chi connectivity index (χ1v) is 25.8. The van der Waals surface area contributed by atoms with Crippen molar-refractivity contribution in [2.24, 2.45) is 0 Å². The van der Waals surface area contributed by atoms with Crippen LogP contribution in [0.4, 0.5) is 17.1 Å². The fourth-order valence-corrected chi connectivity index (χ4v) is 12.4. The van der Waals surface area contributed by atoms with Gasteiger partial charge in [-0.3, -0.25) is 0 Å². The summed E-state index contributed by atoms with van der Waals surface area (Å²) >= 11 is 0. The number of fused-ring (bicyclic) bond motifs is 7. The lowest BCUT2D eigenvalue weighted by Crippen LogP contribution is -2.22. The Morgan fingerprint density at radius 3 is 1.42 bits per heavy atom. The lowest BCUT2D eigenvalue weighted by Gasteiger charge is -2.33. The molecule has 0 aliphatic heterocycles. The lowest BCUT2D eigenvalue weighted by molar-refractivity contribution is 0.569. The average Bonchev–Trinajstić information content (AvgIpc) is 3.80. The predicted molar refractivity (Wildman–Crippen MR) is 307 cm³/mol. The van der Waals surface area contributed by atoms with Crippen molar-refractivity contribution in [1.29, 1.82) is 0 Å². The van der Waals surface area contributed by atoms with Gasteiger partial charge in [0.25, 0.3) is 0 Å². The van der Waals surface area contributed by atoms with Crippen molar-refractivity contribution in [3.63, 3.8) is 0 Å². The van der Waals surface area contributed by atoms with E-state index in [1.54, 1.807) is 0 Å². The summed E-state index contributed by atoms with van der Waals surface area (Å²) in [6, 6.07) is 82.7. The fraction of sp³-hybridized carbons (Fsp3) is 0.183. The van der Waals surface area contributed by atoms with Crippen LogP contribution in [-0.2, 0) is 21.7 Å². The molecule has 0 fully saturated rings. The van der Waals surface area contributed by atoms with Gasteiger partial charge in [0.2, 0.25) is 0 Å². The number of nitrogens with zero attached hydrogens (tertiary/aromatic N) is 1. The van der Waals surface area contributed by atoms with Gasteiger partial charge < -0.3 is 4.90 Å². The van der Waals surface area contributed by atoms with Gasteiger partial charge in [0.1, 0.15) is 0 Å². The number of anilines is 3. The molecule has 0 heterocycles. The summed E-state index contributed by atoms with van der Waals surface area (Å²) in [5.41, 5.74) is 24.7. The maximum absolute atomic E-state index is 2.61. The summed E-state index contributed by atoms with van der Waals surface area (Å²) in [7, 11) is 0. The van der Waals surface area contributed by atoms with Crippen molar-refractivity contribution >= 4 is 27.8 Å². The van der Waals surface area contributed by atoms with Gasteiger partial charge in [-0.1, -0.05) is 256 Å². The van der Waals surface area contributed by atoms with Crippen LogP contribution in [0.1, 0.15) is 101 Å². The summed E-state index contributed by atoms with van der Waals surface area (Å²) in [6.45, 7) is 21.2. The van der Waals surface area contributed by atoms with E-state index in [2.05, 4.69) is 286 Å². The Bertz CT molecular complexity index is 3720. The average molecular weight is 930 g/mol. The standard InChI is InChI=1S/C71H63N/c1-68(2,3)49-43-47(44-50(45-49)69(4,5)6)51-33-21-25-46-26-22-34-54(65(46)51)52-29-15-19-40-62(52)72(64-42-24-38-60-67(64)56-31-13-17-36-58(56)70(60,7)8)63-41-20-16-30-53(63)55-35-23-39-61-66(55)57-32-14-18-37-59(57)71(61,9)48-27-11-10-12-28-48/h10-45H,1-9H3. The van der Waals surface area contributed by atoms with Gasteiger partial charge >= 0.3 is 0 Å². The zero-order chi connectivity index (χ0) is 49.7. The van der Waals surface area contributed by atoms with Crippen LogP contribution in [0.3, 0.4) is 0 Å². The van der Waals surface area contributed by atoms with E-state index in [1.165, 1.54) is 111 Å². The molecule has 352 valence electrons. The second-order valence-corrected chi connectivity index (χ2v) is 23.0. The molecular weight excluding hydrogens is 867 g/mol. The van der Waals surface area contributed by atoms with Crippen LogP contribution < -0.4 is 4.90 Å². The van der Waals surface area contributed by atoms with E-state index >= 15 is 0 Å². The minimum absolute atomic E-state index is 0.0197. The van der Waals surface area contributed by atoms with E-state index in [0.29, 0.717) is 0 Å². The largest absolute Gasteiger partial charge is 0.309 e. The zero-order valence-electron chi connectivity index (χ0n) is 43.2. The van der Waals surface area contributed by atoms with E-state index in [-0.39, 0.29) is 21.7 Å². The quantitative estimate of drug-likeness (QED) is 0.154. The molecule has 0 spiro atoms. The number of rotatable bonds is 7. The molecule has 0 N–H and O–H groups in total. The minimum Gasteiger partial charge on any atom is -0.309 e. The second-order valence-electron chi connectivity index (χ2n) is 23.0. The van der Waals surface area contributed by atoms with Crippen LogP contribution in [-0.4, -0.2) is 0 Å². The topological polar surface area (TPSA) is 3.24 Å². The van der Waals surface area contributed by atoms with Crippen LogP contribution in [0.25, 0.3) is 66.4 Å². The van der Waals surface area contributed by atoms with Gasteiger partial charge in [-0.15, -0.1) is 0 Å². The molecule has 12 rings (SSSR count). The first-order chi connectivity index (χ1) is 34.7. The number of para-hydroxylation sites is 2. The molecule has 10 aromatic rings. The van der Waals surface area contributed by atoms with E-state index in [9.17, 15) is 0 Å². The van der Waals surface area contributed by atoms with Crippen LogP contribution in [0.2, 0.25) is 0 Å². The third kappa shape index (κ3) is 7.03. The smallest absolute Gasteiger partial charge is 0.0543 e. The van der Waals surface area contributed by atoms with Gasteiger partial charge in [0, 0.05) is 27.5 Å². The molecule has 10 aromatic carbocycles. The summed E-state index contributed by atoms with van der Waals surface area (Å²) in [5, 5.41) is 2.48. The number of hydrogen-bond acceptors (Lipinski definition) is 1. The third-order valence-corrected chi connectivity index (χ3v) is 16.3. The molecule has 0 saturated carbocycles. The first kappa shape index (κ1) is 45.4. The van der Waals surface area contributed by atoms with E-state index in [0.717, 1.165) is 11.4 Å². The molecule has 1 heteroatoms. The number of hydrogen-bond donors (Lipinski definition) is 0. The minimum atomic E-state index is -0.327. The highest BCUT2D eigenvalue weighted by atomic mass is 15.2. The Kier molecular flexibility index (Phi) is 10.5. The first-order valence-electron chi connectivity index (χ1n) is 25.8. The summed E-state index contributed by atoms with van der Waals surface area (Å²) in [6.07, 6.45) is 0. The summed E-state index contributed by atoms with van der Waals surface area (Å²) in [5.74, 6) is 0. The highest BCUT2D eigenvalue weighted by Crippen LogP contribution is 2.59. The molecule has 0 radical (unpaired) electrons. The molecule has 2 aliphatic carbocycles. The maximum Gasteiger partial charge on any atom is 0.0543 e. The Morgan fingerprint density at radius 2 is 0.778 bits per heavy atom. The molecule has 1 unspecified atom stereocenters. The molecular formula is C71H63N. The molecule has 0 saturated heterocycles. The lowest BCUT2D eigenvalue weighted by atomic mass is 9.74. The zero-order valence-corrected chi connectivity index (χ0v) is 43.2. The maximum atomic E-state index is 2.61. The Morgan fingerprint density at radius 1 is 0.333 bits per heavy atom. The number of benzene rings is 10. The van der Waals surface area contributed by atoms with Gasteiger partial charge in [-0.2, -0.15) is 0 Å². The van der Waals surface area contributed by atoms with Gasteiger partial charge in [0.05, 0.1) is 17.1 Å². The van der Waals surface area contributed by atoms with Gasteiger partial charge in [-0.25, -0.2) is 0 Å². The predicted octanol–water partition coefficient (Wildman–Crippen LogP) is 19.5. The normalized spacial score (nSPS) is 15.5. The highest BCUT2D eigenvalue weighted by Gasteiger charge is 2.43. The molecule has 0 amide bonds. The molecule has 1 nitrogen and oxygen atoms in total. The third-order valence-electron chi connectivity index (χ3n) is 16.3. The van der Waals surface area contributed by atoms with Crippen LogP contribution in [0.5, 0.6) is 0 Å². The second kappa shape index (κ2) is 16.7. The van der Waals surface area contributed by atoms with Crippen molar-refractivity contribution in [1.82, 2.24) is 0 Å². The van der Waals surface area contributed by atoms with Crippen LogP contribution in [0.15, 0.2) is 218 Å². The van der Waals surface area contributed by atoms with Crippen molar-refractivity contribution < 1.29 is 0 Å². The van der Waals surface area contributed by atoms with E-state index in [4.69, 9.17) is 0 Å². The molecule has 72 heavy (non-hydrogen) atoms. The molecule has 2 aliphatic rings. The van der Waals surface area contributed by atoms with Gasteiger partial charge in [0.15, 0.2) is 0 Å². The Labute approximate surface area is 427 Å². The van der Waals surface area contributed by atoms with Gasteiger partial charge in [-0.05, 0) is 125 Å². The van der Waals surface area contributed by atoms with Crippen LogP contribution in [0, 0.1) is 0 Å². The summed E-state index contributed by atoms with van der Waals surface area (Å²) in [4.78, 5) is 2.61. The Hall–Kier alpha value is -7.74. The Balaban J connectivity index is 1.15. The highest BCUT2D eigenvalue weighted by molar-refractivity contribution is 6.10. The summed E-state index contributed by atoms with van der Waals surface area (Å²) < 4.78 is 0.